The zero-order chi connectivity index (χ0) is 19.6. The Morgan fingerprint density at radius 3 is 2.89 bits per heavy atom. The standard InChI is InChI=1S/C18H24ClN5O3/c1-18(2,3)27-17(26)24-7-4-13(25)11(10-24)9-22-16-15-12(8-14(19)23-16)20-5-6-21-15/h5-6,8,11,13,25H,4,7,9-10H2,1-3H3,(H,22,23). The first-order valence-electron chi connectivity index (χ1n) is 8.90. The number of halogens is 1. The molecule has 0 radical (unpaired) electrons. The van der Waals surface area contributed by atoms with Crippen molar-refractivity contribution in [1.29, 1.82) is 0 Å². The van der Waals surface area contributed by atoms with Crippen LogP contribution >= 0.6 is 11.6 Å². The molecule has 27 heavy (non-hydrogen) atoms. The molecule has 1 aliphatic heterocycles. The Hall–Kier alpha value is -2.19. The number of pyridine rings is 1. The molecule has 0 aromatic carbocycles. The lowest BCUT2D eigenvalue weighted by Crippen LogP contribution is -2.49. The second-order valence-corrected chi connectivity index (χ2v) is 8.03. The van der Waals surface area contributed by atoms with Crippen molar-refractivity contribution in [2.75, 3.05) is 25.0 Å². The molecule has 2 N–H and O–H groups in total. The van der Waals surface area contributed by atoms with E-state index in [1.54, 1.807) is 23.4 Å². The van der Waals surface area contributed by atoms with Crippen LogP contribution in [0, 0.1) is 5.92 Å². The summed E-state index contributed by atoms with van der Waals surface area (Å²) < 4.78 is 5.43. The fraction of sp³-hybridized carbons (Fsp3) is 0.556. The highest BCUT2D eigenvalue weighted by atomic mass is 35.5. The van der Waals surface area contributed by atoms with E-state index in [2.05, 4.69) is 20.3 Å². The molecule has 2 aromatic rings. The van der Waals surface area contributed by atoms with Crippen LogP contribution in [0.2, 0.25) is 5.15 Å². The highest BCUT2D eigenvalue weighted by molar-refractivity contribution is 6.30. The molecule has 0 bridgehead atoms. The molecule has 0 spiro atoms. The zero-order valence-electron chi connectivity index (χ0n) is 15.6. The van der Waals surface area contributed by atoms with E-state index in [9.17, 15) is 9.90 Å². The number of aliphatic hydroxyl groups excluding tert-OH is 1. The Balaban J connectivity index is 1.69. The van der Waals surface area contributed by atoms with Crippen LogP contribution in [0.5, 0.6) is 0 Å². The number of aliphatic hydroxyl groups is 1. The number of likely N-dealkylation sites (tertiary alicyclic amines) is 1. The lowest BCUT2D eigenvalue weighted by atomic mass is 9.95. The molecule has 0 aliphatic carbocycles. The summed E-state index contributed by atoms with van der Waals surface area (Å²) in [5.41, 5.74) is 0.694. The van der Waals surface area contributed by atoms with Crippen molar-refractivity contribution in [3.63, 3.8) is 0 Å². The number of piperidine rings is 1. The highest BCUT2D eigenvalue weighted by Crippen LogP contribution is 2.24. The lowest BCUT2D eigenvalue weighted by Gasteiger charge is -2.37. The summed E-state index contributed by atoms with van der Waals surface area (Å²) in [6.07, 6.45) is 2.79. The average molecular weight is 394 g/mol. The number of amides is 1. The van der Waals surface area contributed by atoms with Crippen LogP contribution in [0.15, 0.2) is 18.5 Å². The Morgan fingerprint density at radius 2 is 2.15 bits per heavy atom. The van der Waals surface area contributed by atoms with Gasteiger partial charge in [-0.05, 0) is 27.2 Å². The highest BCUT2D eigenvalue weighted by Gasteiger charge is 2.32. The van der Waals surface area contributed by atoms with Gasteiger partial charge in [-0.25, -0.2) is 14.8 Å². The third-order valence-electron chi connectivity index (χ3n) is 4.30. The van der Waals surface area contributed by atoms with E-state index in [-0.39, 0.29) is 12.0 Å². The number of nitrogens with one attached hydrogen (secondary N) is 1. The number of fused-ring (bicyclic) bond motifs is 1. The van der Waals surface area contributed by atoms with Crippen molar-refractivity contribution in [3.8, 4) is 0 Å². The summed E-state index contributed by atoms with van der Waals surface area (Å²) in [4.78, 5) is 26.8. The largest absolute Gasteiger partial charge is 0.444 e. The van der Waals surface area contributed by atoms with Gasteiger partial charge in [-0.2, -0.15) is 0 Å². The molecule has 2 aromatic heterocycles. The number of nitrogens with zero attached hydrogens (tertiary/aromatic N) is 4. The first kappa shape index (κ1) is 19.6. The second-order valence-electron chi connectivity index (χ2n) is 7.64. The van der Waals surface area contributed by atoms with Crippen molar-refractivity contribution in [2.24, 2.45) is 5.92 Å². The molecule has 2 atom stereocenters. The van der Waals surface area contributed by atoms with E-state index >= 15 is 0 Å². The SMILES string of the molecule is CC(C)(C)OC(=O)N1CCC(O)C(CNc2nc(Cl)cc3nccnc23)C1. The molecule has 1 fully saturated rings. The van der Waals surface area contributed by atoms with Gasteiger partial charge >= 0.3 is 6.09 Å². The summed E-state index contributed by atoms with van der Waals surface area (Å²) in [7, 11) is 0. The van der Waals surface area contributed by atoms with Crippen molar-refractivity contribution in [3.05, 3.63) is 23.6 Å². The van der Waals surface area contributed by atoms with E-state index in [4.69, 9.17) is 16.3 Å². The number of aromatic nitrogens is 3. The minimum Gasteiger partial charge on any atom is -0.444 e. The molecular weight excluding hydrogens is 370 g/mol. The predicted octanol–water partition coefficient (Wildman–Crippen LogP) is 2.71. The predicted molar refractivity (Wildman–Crippen MR) is 103 cm³/mol. The molecule has 3 rings (SSSR count). The van der Waals surface area contributed by atoms with E-state index in [0.717, 1.165) is 0 Å². The number of hydrogen-bond acceptors (Lipinski definition) is 7. The van der Waals surface area contributed by atoms with Crippen LogP contribution in [0.4, 0.5) is 10.6 Å². The van der Waals surface area contributed by atoms with Crippen LogP contribution in [-0.4, -0.2) is 62.4 Å². The number of ether oxygens (including phenoxy) is 1. The molecular formula is C18H24ClN5O3. The summed E-state index contributed by atoms with van der Waals surface area (Å²) in [6, 6.07) is 1.65. The van der Waals surface area contributed by atoms with Crippen LogP contribution in [0.3, 0.4) is 0 Å². The van der Waals surface area contributed by atoms with Gasteiger partial charge in [0.05, 0.1) is 11.6 Å². The fourth-order valence-electron chi connectivity index (χ4n) is 3.01. The van der Waals surface area contributed by atoms with Gasteiger partial charge in [0, 0.05) is 44.0 Å². The number of carbonyl (C=O) groups excluding carboxylic acids is 1. The average Bonchev–Trinajstić information content (AvgIpc) is 2.59. The Bertz CT molecular complexity index is 826. The van der Waals surface area contributed by atoms with Crippen LogP contribution in [-0.2, 0) is 4.74 Å². The topological polar surface area (TPSA) is 100 Å². The van der Waals surface area contributed by atoms with Crippen molar-refractivity contribution in [1.82, 2.24) is 19.9 Å². The number of hydrogen-bond donors (Lipinski definition) is 2. The Labute approximate surface area is 162 Å². The first-order chi connectivity index (χ1) is 12.7. The van der Waals surface area contributed by atoms with E-state index in [1.165, 1.54) is 0 Å². The van der Waals surface area contributed by atoms with Gasteiger partial charge in [-0.3, -0.25) is 4.98 Å². The molecule has 146 valence electrons. The monoisotopic (exact) mass is 393 g/mol. The molecule has 2 unspecified atom stereocenters. The molecule has 3 heterocycles. The normalized spacial score (nSPS) is 20.6. The summed E-state index contributed by atoms with van der Waals surface area (Å²) in [6.45, 7) is 6.78. The molecule has 0 saturated carbocycles. The van der Waals surface area contributed by atoms with Gasteiger partial charge < -0.3 is 20.1 Å². The lowest BCUT2D eigenvalue weighted by molar-refractivity contribution is -0.00583. The van der Waals surface area contributed by atoms with Crippen molar-refractivity contribution < 1.29 is 14.6 Å². The van der Waals surface area contributed by atoms with Crippen LogP contribution < -0.4 is 5.32 Å². The molecule has 1 aliphatic rings. The smallest absolute Gasteiger partial charge is 0.410 e. The van der Waals surface area contributed by atoms with Crippen molar-refractivity contribution in [2.45, 2.75) is 38.9 Å². The number of rotatable bonds is 3. The number of carbonyl (C=O) groups is 1. The minimum absolute atomic E-state index is 0.168. The van der Waals surface area contributed by atoms with Gasteiger partial charge in [-0.15, -0.1) is 0 Å². The van der Waals surface area contributed by atoms with E-state index < -0.39 is 11.7 Å². The van der Waals surface area contributed by atoms with Crippen LogP contribution in [0.1, 0.15) is 27.2 Å². The molecule has 9 heteroatoms. The Kier molecular flexibility index (Phi) is 5.67. The first-order valence-corrected chi connectivity index (χ1v) is 9.28. The maximum atomic E-state index is 12.3. The van der Waals surface area contributed by atoms with E-state index in [1.807, 2.05) is 20.8 Å². The fourth-order valence-corrected chi connectivity index (χ4v) is 3.19. The minimum atomic E-state index is -0.552. The summed E-state index contributed by atoms with van der Waals surface area (Å²) >= 11 is 6.06. The quantitative estimate of drug-likeness (QED) is 0.773. The molecule has 8 nitrogen and oxygen atoms in total. The number of anilines is 1. The molecule has 1 saturated heterocycles. The van der Waals surface area contributed by atoms with Gasteiger partial charge in [0.15, 0.2) is 5.82 Å². The molecule has 1 amide bonds. The maximum Gasteiger partial charge on any atom is 0.410 e. The third-order valence-corrected chi connectivity index (χ3v) is 4.50. The maximum absolute atomic E-state index is 12.3. The third kappa shape index (κ3) is 4.95. The van der Waals surface area contributed by atoms with Crippen molar-refractivity contribution >= 4 is 34.5 Å². The Morgan fingerprint density at radius 1 is 1.41 bits per heavy atom. The summed E-state index contributed by atoms with van der Waals surface area (Å²) in [5.74, 6) is 0.339. The van der Waals surface area contributed by atoms with Gasteiger partial charge in [0.25, 0.3) is 0 Å². The van der Waals surface area contributed by atoms with E-state index in [0.29, 0.717) is 48.1 Å². The summed E-state index contributed by atoms with van der Waals surface area (Å²) in [5, 5.41) is 13.9. The zero-order valence-corrected chi connectivity index (χ0v) is 16.4. The van der Waals surface area contributed by atoms with Gasteiger partial charge in [-0.1, -0.05) is 11.6 Å². The van der Waals surface area contributed by atoms with Gasteiger partial charge in [0.1, 0.15) is 16.3 Å². The van der Waals surface area contributed by atoms with Gasteiger partial charge in [0.2, 0.25) is 0 Å². The second kappa shape index (κ2) is 7.82. The van der Waals surface area contributed by atoms with Crippen LogP contribution in [0.25, 0.3) is 11.0 Å².